The third kappa shape index (κ3) is 2.34. The SMILES string of the molecule is N#CCc1ncc(O)c(C(F)F)c1CCl. The molecule has 1 aromatic heterocycles. The molecule has 80 valence electrons. The number of rotatable bonds is 3. The van der Waals surface area contributed by atoms with E-state index in [0.717, 1.165) is 6.20 Å². The van der Waals surface area contributed by atoms with Crippen LogP contribution < -0.4 is 0 Å². The molecular formula is C9H7ClF2N2O. The molecule has 0 bridgehead atoms. The second-order valence-electron chi connectivity index (χ2n) is 2.75. The minimum atomic E-state index is -2.83. The maximum absolute atomic E-state index is 12.6. The van der Waals surface area contributed by atoms with Crippen molar-refractivity contribution < 1.29 is 13.9 Å². The van der Waals surface area contributed by atoms with Gasteiger partial charge >= 0.3 is 0 Å². The predicted octanol–water partition coefficient (Wildman–Crippen LogP) is 2.53. The molecule has 0 aliphatic rings. The van der Waals surface area contributed by atoms with Crippen molar-refractivity contribution in [2.75, 3.05) is 0 Å². The van der Waals surface area contributed by atoms with Crippen LogP contribution in [-0.4, -0.2) is 10.1 Å². The highest BCUT2D eigenvalue weighted by Gasteiger charge is 2.21. The highest BCUT2D eigenvalue weighted by atomic mass is 35.5. The molecule has 1 rings (SSSR count). The van der Waals surface area contributed by atoms with E-state index in [2.05, 4.69) is 4.98 Å². The zero-order valence-electron chi connectivity index (χ0n) is 7.54. The van der Waals surface area contributed by atoms with Crippen LogP contribution in [0.25, 0.3) is 0 Å². The molecule has 0 saturated carbocycles. The number of pyridine rings is 1. The standard InChI is InChI=1S/C9H7ClF2N2O/c10-3-5-6(1-2-13)14-4-7(15)8(5)9(11)12/h4,9,15H,1,3H2. The molecule has 1 heterocycles. The number of aromatic hydroxyl groups is 1. The summed E-state index contributed by atoms with van der Waals surface area (Å²) in [5, 5.41) is 17.7. The van der Waals surface area contributed by atoms with Gasteiger partial charge in [0.05, 0.1) is 29.9 Å². The second kappa shape index (κ2) is 4.89. The minimum Gasteiger partial charge on any atom is -0.506 e. The van der Waals surface area contributed by atoms with Gasteiger partial charge in [-0.1, -0.05) is 0 Å². The molecule has 3 nitrogen and oxygen atoms in total. The number of hydrogen-bond donors (Lipinski definition) is 1. The van der Waals surface area contributed by atoms with E-state index in [4.69, 9.17) is 16.9 Å². The largest absolute Gasteiger partial charge is 0.506 e. The topological polar surface area (TPSA) is 56.9 Å². The Bertz CT molecular complexity index is 404. The van der Waals surface area contributed by atoms with Gasteiger partial charge in [-0.15, -0.1) is 11.6 Å². The average molecular weight is 233 g/mol. The van der Waals surface area contributed by atoms with Crippen LogP contribution in [-0.2, 0) is 12.3 Å². The van der Waals surface area contributed by atoms with Gasteiger partial charge in [-0.2, -0.15) is 5.26 Å². The second-order valence-corrected chi connectivity index (χ2v) is 3.02. The predicted molar refractivity (Wildman–Crippen MR) is 49.7 cm³/mol. The zero-order chi connectivity index (χ0) is 11.4. The summed E-state index contributed by atoms with van der Waals surface area (Å²) in [4.78, 5) is 3.69. The summed E-state index contributed by atoms with van der Waals surface area (Å²) in [6, 6.07) is 1.80. The van der Waals surface area contributed by atoms with E-state index >= 15 is 0 Å². The van der Waals surface area contributed by atoms with Crippen LogP contribution in [0.5, 0.6) is 5.75 Å². The first-order valence-corrected chi connectivity index (χ1v) is 4.56. The Kier molecular flexibility index (Phi) is 3.81. The first-order valence-electron chi connectivity index (χ1n) is 4.02. The van der Waals surface area contributed by atoms with E-state index < -0.39 is 17.7 Å². The highest BCUT2D eigenvalue weighted by molar-refractivity contribution is 6.17. The third-order valence-corrected chi connectivity index (χ3v) is 2.16. The van der Waals surface area contributed by atoms with Crippen molar-refractivity contribution in [1.82, 2.24) is 4.98 Å². The van der Waals surface area contributed by atoms with Crippen molar-refractivity contribution in [1.29, 1.82) is 5.26 Å². The smallest absolute Gasteiger partial charge is 0.267 e. The lowest BCUT2D eigenvalue weighted by molar-refractivity contribution is 0.146. The van der Waals surface area contributed by atoms with Gasteiger partial charge in [-0.05, 0) is 0 Å². The Labute approximate surface area is 89.9 Å². The number of alkyl halides is 3. The molecule has 0 aliphatic carbocycles. The first kappa shape index (κ1) is 11.7. The van der Waals surface area contributed by atoms with Gasteiger partial charge in [-0.25, -0.2) is 8.78 Å². The van der Waals surface area contributed by atoms with Crippen LogP contribution in [0, 0.1) is 11.3 Å². The van der Waals surface area contributed by atoms with Crippen molar-refractivity contribution >= 4 is 11.6 Å². The van der Waals surface area contributed by atoms with Crippen LogP contribution in [0.15, 0.2) is 6.20 Å². The molecule has 0 radical (unpaired) electrons. The van der Waals surface area contributed by atoms with Gasteiger partial charge in [0, 0.05) is 11.4 Å². The molecule has 0 spiro atoms. The van der Waals surface area contributed by atoms with Crippen LogP contribution >= 0.6 is 11.6 Å². The van der Waals surface area contributed by atoms with Crippen LogP contribution in [0.3, 0.4) is 0 Å². The van der Waals surface area contributed by atoms with Crippen LogP contribution in [0.4, 0.5) is 8.78 Å². The van der Waals surface area contributed by atoms with Gasteiger partial charge in [0.15, 0.2) is 0 Å². The van der Waals surface area contributed by atoms with Crippen molar-refractivity contribution in [2.45, 2.75) is 18.7 Å². The monoisotopic (exact) mass is 232 g/mol. The number of nitrogens with zero attached hydrogens (tertiary/aromatic N) is 2. The van der Waals surface area contributed by atoms with Crippen molar-refractivity contribution in [3.05, 3.63) is 23.0 Å². The summed E-state index contributed by atoms with van der Waals surface area (Å²) in [6.07, 6.45) is -2.04. The van der Waals surface area contributed by atoms with Gasteiger partial charge in [0.1, 0.15) is 5.75 Å². The fraction of sp³-hybridized carbons (Fsp3) is 0.333. The molecule has 0 fully saturated rings. The molecule has 0 unspecified atom stereocenters. The Morgan fingerprint density at radius 3 is 2.73 bits per heavy atom. The fourth-order valence-electron chi connectivity index (χ4n) is 1.22. The maximum Gasteiger partial charge on any atom is 0.267 e. The Morgan fingerprint density at radius 1 is 1.60 bits per heavy atom. The number of hydrogen-bond acceptors (Lipinski definition) is 3. The summed E-state index contributed by atoms with van der Waals surface area (Å²) in [6.45, 7) is 0. The summed E-state index contributed by atoms with van der Waals surface area (Å²) in [5.74, 6) is -0.805. The quantitative estimate of drug-likeness (QED) is 0.815. The van der Waals surface area contributed by atoms with Crippen molar-refractivity contribution in [3.8, 4) is 11.8 Å². The molecule has 0 aliphatic heterocycles. The number of halogens is 3. The van der Waals surface area contributed by atoms with Gasteiger partial charge in [0.2, 0.25) is 0 Å². The normalized spacial score (nSPS) is 10.3. The average Bonchev–Trinajstić information content (AvgIpc) is 2.19. The zero-order valence-corrected chi connectivity index (χ0v) is 8.30. The summed E-state index contributed by atoms with van der Waals surface area (Å²) in [5.41, 5.74) is -0.320. The van der Waals surface area contributed by atoms with Gasteiger partial charge in [-0.3, -0.25) is 4.98 Å². The summed E-state index contributed by atoms with van der Waals surface area (Å²) >= 11 is 5.50. The van der Waals surface area contributed by atoms with E-state index in [9.17, 15) is 13.9 Å². The molecule has 0 atom stereocenters. The van der Waals surface area contributed by atoms with Gasteiger partial charge in [0.25, 0.3) is 6.43 Å². The van der Waals surface area contributed by atoms with E-state index in [1.54, 1.807) is 6.07 Å². The highest BCUT2D eigenvalue weighted by Crippen LogP contribution is 2.33. The minimum absolute atomic E-state index is 0.0354. The van der Waals surface area contributed by atoms with Crippen LogP contribution in [0.1, 0.15) is 23.2 Å². The van der Waals surface area contributed by atoms with Crippen LogP contribution in [0.2, 0.25) is 0 Å². The van der Waals surface area contributed by atoms with E-state index in [0.29, 0.717) is 0 Å². The summed E-state index contributed by atoms with van der Waals surface area (Å²) < 4.78 is 25.1. The van der Waals surface area contributed by atoms with Crippen molar-refractivity contribution in [2.24, 2.45) is 0 Å². The summed E-state index contributed by atoms with van der Waals surface area (Å²) in [7, 11) is 0. The van der Waals surface area contributed by atoms with E-state index in [-0.39, 0.29) is 23.6 Å². The molecule has 0 saturated heterocycles. The first-order chi connectivity index (χ1) is 7.11. The van der Waals surface area contributed by atoms with E-state index in [1.807, 2.05) is 0 Å². The molecule has 1 N–H and O–H groups in total. The molecule has 6 heteroatoms. The van der Waals surface area contributed by atoms with Crippen molar-refractivity contribution in [3.63, 3.8) is 0 Å². The number of aromatic nitrogens is 1. The molecular weight excluding hydrogens is 226 g/mol. The third-order valence-electron chi connectivity index (χ3n) is 1.89. The van der Waals surface area contributed by atoms with Gasteiger partial charge < -0.3 is 5.11 Å². The Morgan fingerprint density at radius 2 is 2.27 bits per heavy atom. The molecule has 0 aromatic carbocycles. The van der Waals surface area contributed by atoms with E-state index in [1.165, 1.54) is 0 Å². The Balaban J connectivity index is 3.34. The molecule has 1 aromatic rings. The lowest BCUT2D eigenvalue weighted by Crippen LogP contribution is -2.02. The fourth-order valence-corrected chi connectivity index (χ4v) is 1.51. The molecule has 0 amide bonds. The Hall–Kier alpha value is -1.41. The lowest BCUT2D eigenvalue weighted by atomic mass is 10.1. The number of nitriles is 1. The molecule has 15 heavy (non-hydrogen) atoms. The lowest BCUT2D eigenvalue weighted by Gasteiger charge is -2.11. The maximum atomic E-state index is 12.6.